The lowest BCUT2D eigenvalue weighted by atomic mass is 10.1. The molecule has 1 aliphatic heterocycles. The van der Waals surface area contributed by atoms with Gasteiger partial charge in [0.1, 0.15) is 5.82 Å². The van der Waals surface area contributed by atoms with Crippen molar-refractivity contribution >= 4 is 34.2 Å². The number of carbonyl (C=O) groups excluding carboxylic acids is 1. The summed E-state index contributed by atoms with van der Waals surface area (Å²) in [5.74, 6) is -0.204. The largest absolute Gasteiger partial charge is 0.337 e. The van der Waals surface area contributed by atoms with Crippen LogP contribution in [0.5, 0.6) is 0 Å². The van der Waals surface area contributed by atoms with E-state index in [0.717, 1.165) is 25.2 Å². The summed E-state index contributed by atoms with van der Waals surface area (Å²) < 4.78 is 13.6. The molecule has 0 aliphatic carbocycles. The molecule has 1 atom stereocenters. The molecule has 106 valence electrons. The van der Waals surface area contributed by atoms with E-state index in [4.69, 9.17) is 0 Å². The zero-order valence-electron chi connectivity index (χ0n) is 10.7. The van der Waals surface area contributed by atoms with Gasteiger partial charge in [0.15, 0.2) is 0 Å². The van der Waals surface area contributed by atoms with Gasteiger partial charge in [0.05, 0.1) is 6.42 Å². The van der Waals surface area contributed by atoms with E-state index in [1.165, 1.54) is 12.1 Å². The molecular formula is C13H17BrClFN2O. The zero-order chi connectivity index (χ0) is 13.1. The quantitative estimate of drug-likeness (QED) is 0.887. The number of hydrogen-bond acceptors (Lipinski definition) is 2. The Hall–Kier alpha value is -0.650. The lowest BCUT2D eigenvalue weighted by Gasteiger charge is -2.34. The molecule has 1 aliphatic rings. The number of piperazine rings is 1. The molecule has 1 N–H and O–H groups in total. The number of carbonyl (C=O) groups is 1. The lowest BCUT2D eigenvalue weighted by molar-refractivity contribution is -0.133. The molecular weight excluding hydrogens is 335 g/mol. The predicted molar refractivity (Wildman–Crippen MR) is 79.1 cm³/mol. The van der Waals surface area contributed by atoms with E-state index in [1.807, 2.05) is 11.8 Å². The van der Waals surface area contributed by atoms with Gasteiger partial charge in [0, 0.05) is 30.1 Å². The van der Waals surface area contributed by atoms with Gasteiger partial charge in [-0.05, 0) is 24.6 Å². The van der Waals surface area contributed by atoms with Gasteiger partial charge in [-0.15, -0.1) is 12.4 Å². The van der Waals surface area contributed by atoms with E-state index in [0.29, 0.717) is 10.9 Å². The number of rotatable bonds is 2. The fourth-order valence-corrected chi connectivity index (χ4v) is 2.63. The highest BCUT2D eigenvalue weighted by atomic mass is 79.9. The van der Waals surface area contributed by atoms with Crippen molar-refractivity contribution < 1.29 is 9.18 Å². The molecule has 19 heavy (non-hydrogen) atoms. The van der Waals surface area contributed by atoms with Crippen LogP contribution in [0.2, 0.25) is 0 Å². The van der Waals surface area contributed by atoms with Crippen molar-refractivity contribution in [2.24, 2.45) is 0 Å². The van der Waals surface area contributed by atoms with Gasteiger partial charge in [-0.1, -0.05) is 22.0 Å². The van der Waals surface area contributed by atoms with E-state index in [2.05, 4.69) is 21.2 Å². The van der Waals surface area contributed by atoms with E-state index >= 15 is 0 Å². The summed E-state index contributed by atoms with van der Waals surface area (Å²) in [6.07, 6.45) is 0.311. The zero-order valence-corrected chi connectivity index (χ0v) is 13.1. The maximum Gasteiger partial charge on any atom is 0.227 e. The first-order chi connectivity index (χ1) is 8.58. The molecule has 6 heteroatoms. The molecule has 0 saturated carbocycles. The average Bonchev–Trinajstić information content (AvgIpc) is 2.33. The van der Waals surface area contributed by atoms with Gasteiger partial charge >= 0.3 is 0 Å². The normalized spacial score (nSPS) is 18.9. The summed E-state index contributed by atoms with van der Waals surface area (Å²) in [6.45, 7) is 4.43. The van der Waals surface area contributed by atoms with E-state index in [9.17, 15) is 9.18 Å². The van der Waals surface area contributed by atoms with Crippen LogP contribution in [0.1, 0.15) is 12.5 Å². The first kappa shape index (κ1) is 16.4. The van der Waals surface area contributed by atoms with Crippen LogP contribution in [0.4, 0.5) is 4.39 Å². The van der Waals surface area contributed by atoms with Crippen LogP contribution in [-0.2, 0) is 11.2 Å². The lowest BCUT2D eigenvalue weighted by Crippen LogP contribution is -2.52. The molecule has 1 aromatic rings. The van der Waals surface area contributed by atoms with Crippen LogP contribution >= 0.6 is 28.3 Å². The second-order valence-electron chi connectivity index (χ2n) is 4.55. The Bertz CT molecular complexity index is 458. The first-order valence-corrected chi connectivity index (χ1v) is 6.81. The maximum absolute atomic E-state index is 13.0. The Labute approximate surface area is 127 Å². The number of amides is 1. The Morgan fingerprint density at radius 3 is 2.95 bits per heavy atom. The monoisotopic (exact) mass is 350 g/mol. The highest BCUT2D eigenvalue weighted by molar-refractivity contribution is 9.10. The summed E-state index contributed by atoms with van der Waals surface area (Å²) in [5, 5.41) is 3.25. The van der Waals surface area contributed by atoms with Gasteiger partial charge in [-0.2, -0.15) is 0 Å². The summed E-state index contributed by atoms with van der Waals surface area (Å²) in [7, 11) is 0. The minimum absolute atomic E-state index is 0. The SMILES string of the molecule is CC1CNCCN1C(=O)Cc1ccc(F)cc1Br.Cl. The van der Waals surface area contributed by atoms with E-state index in [1.54, 1.807) is 6.07 Å². The van der Waals surface area contributed by atoms with Crippen molar-refractivity contribution in [1.29, 1.82) is 0 Å². The van der Waals surface area contributed by atoms with Gasteiger partial charge in [-0.25, -0.2) is 4.39 Å². The van der Waals surface area contributed by atoms with E-state index < -0.39 is 0 Å². The summed E-state index contributed by atoms with van der Waals surface area (Å²) >= 11 is 3.29. The van der Waals surface area contributed by atoms with Crippen LogP contribution in [0.25, 0.3) is 0 Å². The molecule has 1 amide bonds. The second-order valence-corrected chi connectivity index (χ2v) is 5.41. The summed E-state index contributed by atoms with van der Waals surface area (Å²) in [6, 6.07) is 4.65. The van der Waals surface area contributed by atoms with Crippen LogP contribution in [-0.4, -0.2) is 36.5 Å². The molecule has 0 radical (unpaired) electrons. The fourth-order valence-electron chi connectivity index (χ4n) is 2.14. The Balaban J connectivity index is 0.00000180. The molecule has 1 aromatic carbocycles. The number of benzene rings is 1. The molecule has 0 spiro atoms. The molecule has 0 bridgehead atoms. The van der Waals surface area contributed by atoms with Crippen molar-refractivity contribution in [1.82, 2.24) is 10.2 Å². The third kappa shape index (κ3) is 4.16. The molecule has 1 unspecified atom stereocenters. The summed E-state index contributed by atoms with van der Waals surface area (Å²) in [5.41, 5.74) is 0.826. The smallest absolute Gasteiger partial charge is 0.227 e. The minimum Gasteiger partial charge on any atom is -0.337 e. The van der Waals surface area contributed by atoms with Crippen molar-refractivity contribution in [3.05, 3.63) is 34.1 Å². The third-order valence-electron chi connectivity index (χ3n) is 3.18. The van der Waals surface area contributed by atoms with Crippen LogP contribution in [0.3, 0.4) is 0 Å². The molecule has 2 rings (SSSR count). The van der Waals surface area contributed by atoms with Gasteiger partial charge in [0.2, 0.25) is 5.91 Å². The highest BCUT2D eigenvalue weighted by Gasteiger charge is 2.23. The molecule has 1 saturated heterocycles. The Morgan fingerprint density at radius 2 is 2.32 bits per heavy atom. The summed E-state index contributed by atoms with van der Waals surface area (Å²) in [4.78, 5) is 14.1. The topological polar surface area (TPSA) is 32.3 Å². The molecule has 1 heterocycles. The number of hydrogen-bond donors (Lipinski definition) is 1. The molecule has 1 fully saturated rings. The molecule has 0 aromatic heterocycles. The van der Waals surface area contributed by atoms with E-state index in [-0.39, 0.29) is 30.2 Å². The average molecular weight is 352 g/mol. The van der Waals surface area contributed by atoms with Crippen molar-refractivity contribution in [2.45, 2.75) is 19.4 Å². The van der Waals surface area contributed by atoms with Crippen LogP contribution in [0, 0.1) is 5.82 Å². The standard InChI is InChI=1S/C13H16BrFN2O.ClH/c1-9-8-16-4-5-17(9)13(18)6-10-2-3-11(15)7-12(10)14;/h2-3,7,9,16H,4-6,8H2,1H3;1H. The number of halogens is 3. The number of nitrogens with one attached hydrogen (secondary N) is 1. The second kappa shape index (κ2) is 7.22. The van der Waals surface area contributed by atoms with Crippen LogP contribution < -0.4 is 5.32 Å². The van der Waals surface area contributed by atoms with Gasteiger partial charge in [-0.3, -0.25) is 4.79 Å². The number of nitrogens with zero attached hydrogens (tertiary/aromatic N) is 1. The van der Waals surface area contributed by atoms with Crippen LogP contribution in [0.15, 0.2) is 22.7 Å². The Morgan fingerprint density at radius 1 is 1.58 bits per heavy atom. The molecule has 3 nitrogen and oxygen atoms in total. The first-order valence-electron chi connectivity index (χ1n) is 6.02. The Kier molecular flexibility index (Phi) is 6.23. The van der Waals surface area contributed by atoms with Gasteiger partial charge < -0.3 is 10.2 Å². The fraction of sp³-hybridized carbons (Fsp3) is 0.462. The minimum atomic E-state index is -0.298. The highest BCUT2D eigenvalue weighted by Crippen LogP contribution is 2.19. The third-order valence-corrected chi connectivity index (χ3v) is 3.92. The van der Waals surface area contributed by atoms with Crippen molar-refractivity contribution in [3.8, 4) is 0 Å². The van der Waals surface area contributed by atoms with Crippen molar-refractivity contribution in [3.63, 3.8) is 0 Å². The van der Waals surface area contributed by atoms with Crippen molar-refractivity contribution in [2.75, 3.05) is 19.6 Å². The maximum atomic E-state index is 13.0. The van der Waals surface area contributed by atoms with Gasteiger partial charge in [0.25, 0.3) is 0 Å². The predicted octanol–water partition coefficient (Wildman–Crippen LogP) is 2.37.